The number of amides is 1. The molecular weight excluding hydrogens is 415 g/mol. The predicted molar refractivity (Wildman–Crippen MR) is 96.2 cm³/mol. The first-order valence-corrected chi connectivity index (χ1v) is 8.89. The van der Waals surface area contributed by atoms with E-state index in [-0.39, 0.29) is 23.9 Å². The summed E-state index contributed by atoms with van der Waals surface area (Å²) in [5.41, 5.74) is 1.16. The lowest BCUT2D eigenvalue weighted by Gasteiger charge is -2.34. The number of aromatic nitrogens is 3. The summed E-state index contributed by atoms with van der Waals surface area (Å²) >= 11 is 6.08. The topological polar surface area (TPSA) is 109 Å². The van der Waals surface area contributed by atoms with Crippen molar-refractivity contribution in [3.63, 3.8) is 0 Å². The molecule has 1 fully saturated rings. The van der Waals surface area contributed by atoms with E-state index < -0.39 is 30.4 Å². The zero-order chi connectivity index (χ0) is 21.2. The van der Waals surface area contributed by atoms with Gasteiger partial charge in [0.2, 0.25) is 0 Å². The molecule has 1 aliphatic rings. The van der Waals surface area contributed by atoms with Crippen LogP contribution < -0.4 is 10.6 Å². The van der Waals surface area contributed by atoms with Crippen LogP contribution in [0.1, 0.15) is 22.2 Å². The van der Waals surface area contributed by atoms with Crippen LogP contribution in [-0.2, 0) is 4.74 Å². The molecule has 0 radical (unpaired) electrons. The van der Waals surface area contributed by atoms with Gasteiger partial charge in [0.1, 0.15) is 23.3 Å². The Morgan fingerprint density at radius 2 is 2.07 bits per heavy atom. The van der Waals surface area contributed by atoms with Crippen LogP contribution in [0.2, 0.25) is 5.15 Å². The summed E-state index contributed by atoms with van der Waals surface area (Å²) in [5.74, 6) is -0.417. The molecule has 2 aromatic heterocycles. The fourth-order valence-corrected chi connectivity index (χ4v) is 3.06. The highest BCUT2D eigenvalue weighted by Gasteiger charge is 2.46. The van der Waals surface area contributed by atoms with Gasteiger partial charge in [0.15, 0.2) is 6.10 Å². The lowest BCUT2D eigenvalue weighted by Crippen LogP contribution is -2.51. The minimum Gasteiger partial charge on any atom is -0.381 e. The molecule has 3 atom stereocenters. The number of hydrogen-bond donors (Lipinski definition) is 3. The SMILES string of the molecule is CNC(=O)c1cc(-c2cc(C3CNCC(C(O)C(F)(F)F)O3)cc(Cl)n2)ncn1. The number of hydrogen-bond acceptors (Lipinski definition) is 7. The number of carbonyl (C=O) groups is 1. The number of aliphatic hydroxyl groups excluding tert-OH is 1. The summed E-state index contributed by atoms with van der Waals surface area (Å²) in [5, 5.41) is 14.8. The van der Waals surface area contributed by atoms with E-state index in [1.54, 1.807) is 6.07 Å². The number of nitrogens with one attached hydrogen (secondary N) is 2. The lowest BCUT2D eigenvalue weighted by molar-refractivity contribution is -0.246. The third-order valence-corrected chi connectivity index (χ3v) is 4.47. The highest BCUT2D eigenvalue weighted by Crippen LogP contribution is 2.31. The number of morpholine rings is 1. The van der Waals surface area contributed by atoms with Gasteiger partial charge in [0.05, 0.1) is 17.5 Å². The molecular formula is C17H17ClF3N5O3. The molecule has 12 heteroatoms. The molecule has 1 aliphatic heterocycles. The van der Waals surface area contributed by atoms with Gasteiger partial charge < -0.3 is 20.5 Å². The van der Waals surface area contributed by atoms with Crippen LogP contribution in [-0.4, -0.2) is 64.5 Å². The van der Waals surface area contributed by atoms with E-state index in [1.807, 2.05) is 0 Å². The van der Waals surface area contributed by atoms with Crippen molar-refractivity contribution in [2.24, 2.45) is 0 Å². The Hall–Kier alpha value is -2.34. The van der Waals surface area contributed by atoms with Gasteiger partial charge in [-0.1, -0.05) is 11.6 Å². The van der Waals surface area contributed by atoms with Crippen LogP contribution in [0.15, 0.2) is 24.5 Å². The van der Waals surface area contributed by atoms with Gasteiger partial charge in [-0.25, -0.2) is 15.0 Å². The lowest BCUT2D eigenvalue weighted by atomic mass is 10.0. The summed E-state index contributed by atoms with van der Waals surface area (Å²) < 4.78 is 43.9. The van der Waals surface area contributed by atoms with Gasteiger partial charge in [-0.3, -0.25) is 4.79 Å². The third-order valence-electron chi connectivity index (χ3n) is 4.28. The Bertz CT molecular complexity index is 899. The van der Waals surface area contributed by atoms with Crippen LogP contribution in [0.4, 0.5) is 13.2 Å². The van der Waals surface area contributed by atoms with Crippen molar-refractivity contribution < 1.29 is 27.8 Å². The van der Waals surface area contributed by atoms with E-state index in [1.165, 1.54) is 25.5 Å². The molecule has 29 heavy (non-hydrogen) atoms. The summed E-state index contributed by atoms with van der Waals surface area (Å²) in [7, 11) is 1.46. The Kier molecular flexibility index (Phi) is 6.32. The second kappa shape index (κ2) is 8.57. The first kappa shape index (κ1) is 21.4. The predicted octanol–water partition coefficient (Wildman–Crippen LogP) is 1.50. The standard InChI is InChI=1S/C17H17ClF3N5O3/c1-22-16(28)11-4-9(24-7-25-11)10-2-8(3-14(18)26-10)12-5-23-6-13(29-12)15(27)17(19,20)21/h2-4,7,12-13,15,23,27H,5-6H2,1H3,(H,22,28). The number of carbonyl (C=O) groups excluding carboxylic acids is 1. The number of pyridine rings is 1. The van der Waals surface area contributed by atoms with Gasteiger partial charge in [-0.15, -0.1) is 0 Å². The molecule has 0 aliphatic carbocycles. The van der Waals surface area contributed by atoms with Gasteiger partial charge in [-0.05, 0) is 23.8 Å². The first-order chi connectivity index (χ1) is 13.7. The Morgan fingerprint density at radius 3 is 2.76 bits per heavy atom. The smallest absolute Gasteiger partial charge is 0.381 e. The molecule has 2 aromatic rings. The normalized spacial score (nSPS) is 20.9. The molecule has 156 valence electrons. The number of nitrogens with zero attached hydrogens (tertiary/aromatic N) is 3. The van der Waals surface area contributed by atoms with Gasteiger partial charge in [0.25, 0.3) is 5.91 Å². The molecule has 0 spiro atoms. The fraction of sp³-hybridized carbons (Fsp3) is 0.412. The molecule has 3 rings (SSSR count). The van der Waals surface area contributed by atoms with Gasteiger partial charge in [0, 0.05) is 20.1 Å². The van der Waals surface area contributed by atoms with Crippen molar-refractivity contribution in [1.82, 2.24) is 25.6 Å². The minimum absolute atomic E-state index is 0.0692. The summed E-state index contributed by atoms with van der Waals surface area (Å²) in [6.45, 7) is 0.0678. The van der Waals surface area contributed by atoms with Crippen molar-refractivity contribution in [3.8, 4) is 11.4 Å². The molecule has 3 unspecified atom stereocenters. The maximum Gasteiger partial charge on any atom is 0.416 e. The molecule has 0 bridgehead atoms. The van der Waals surface area contributed by atoms with E-state index in [0.29, 0.717) is 17.0 Å². The van der Waals surface area contributed by atoms with Gasteiger partial charge in [-0.2, -0.15) is 13.2 Å². The Balaban J connectivity index is 1.89. The number of ether oxygens (including phenoxy) is 1. The van der Waals surface area contributed by atoms with Gasteiger partial charge >= 0.3 is 6.18 Å². The third kappa shape index (κ3) is 4.99. The largest absolute Gasteiger partial charge is 0.416 e. The van der Waals surface area contributed by atoms with Crippen molar-refractivity contribution in [3.05, 3.63) is 40.9 Å². The summed E-state index contributed by atoms with van der Waals surface area (Å²) in [6, 6.07) is 4.43. The minimum atomic E-state index is -4.80. The molecule has 1 saturated heterocycles. The molecule has 1 amide bonds. The average Bonchev–Trinajstić information content (AvgIpc) is 2.71. The van der Waals surface area contributed by atoms with Crippen molar-refractivity contribution in [1.29, 1.82) is 0 Å². The van der Waals surface area contributed by atoms with E-state index >= 15 is 0 Å². The van der Waals surface area contributed by atoms with Crippen LogP contribution in [0.3, 0.4) is 0 Å². The van der Waals surface area contributed by atoms with Crippen molar-refractivity contribution in [2.45, 2.75) is 24.5 Å². The highest BCUT2D eigenvalue weighted by atomic mass is 35.5. The first-order valence-electron chi connectivity index (χ1n) is 8.52. The molecule has 3 N–H and O–H groups in total. The van der Waals surface area contributed by atoms with E-state index in [2.05, 4.69) is 25.6 Å². The average molecular weight is 432 g/mol. The second-order valence-corrected chi connectivity index (χ2v) is 6.67. The maximum atomic E-state index is 12.8. The summed E-state index contributed by atoms with van der Waals surface area (Å²) in [6.07, 6.45) is -8.50. The molecule has 8 nitrogen and oxygen atoms in total. The fourth-order valence-electron chi connectivity index (χ4n) is 2.84. The Morgan fingerprint density at radius 1 is 1.31 bits per heavy atom. The highest BCUT2D eigenvalue weighted by molar-refractivity contribution is 6.29. The number of halogens is 4. The quantitative estimate of drug-likeness (QED) is 0.629. The van der Waals surface area contributed by atoms with Crippen molar-refractivity contribution >= 4 is 17.5 Å². The van der Waals surface area contributed by atoms with Crippen LogP contribution in [0.5, 0.6) is 0 Å². The maximum absolute atomic E-state index is 12.8. The zero-order valence-electron chi connectivity index (χ0n) is 15.1. The van der Waals surface area contributed by atoms with Crippen LogP contribution >= 0.6 is 11.6 Å². The van der Waals surface area contributed by atoms with Crippen LogP contribution in [0, 0.1) is 0 Å². The van der Waals surface area contributed by atoms with Crippen molar-refractivity contribution in [2.75, 3.05) is 20.1 Å². The van der Waals surface area contributed by atoms with E-state index in [0.717, 1.165) is 0 Å². The Labute approximate surface area is 168 Å². The molecule has 0 saturated carbocycles. The second-order valence-electron chi connectivity index (χ2n) is 6.28. The zero-order valence-corrected chi connectivity index (χ0v) is 15.8. The van der Waals surface area contributed by atoms with E-state index in [4.69, 9.17) is 16.3 Å². The monoisotopic (exact) mass is 431 g/mol. The number of rotatable bonds is 4. The van der Waals surface area contributed by atoms with Crippen LogP contribution in [0.25, 0.3) is 11.4 Å². The molecule has 3 heterocycles. The summed E-state index contributed by atoms with van der Waals surface area (Å²) in [4.78, 5) is 23.9. The van der Waals surface area contributed by atoms with E-state index in [9.17, 15) is 23.1 Å². The number of alkyl halides is 3. The number of aliphatic hydroxyl groups is 1. The molecule has 0 aromatic carbocycles.